The molecule has 1 N–H and O–H groups in total. The van der Waals surface area contributed by atoms with Gasteiger partial charge in [-0.05, 0) is 48.9 Å². The third-order valence-corrected chi connectivity index (χ3v) is 11.8. The molecule has 1 atom stereocenters. The molecule has 3 saturated heterocycles. The number of nitrogens with one attached hydrogen (secondary N) is 1. The minimum atomic E-state index is -0.0688. The Morgan fingerprint density at radius 1 is 0.942 bits per heavy atom. The second-order valence-corrected chi connectivity index (χ2v) is 14.9. The average molecular weight is 722 g/mol. The van der Waals surface area contributed by atoms with Crippen molar-refractivity contribution in [3.63, 3.8) is 0 Å². The Morgan fingerprint density at radius 2 is 1.63 bits per heavy atom. The number of rotatable bonds is 8. The van der Waals surface area contributed by atoms with Crippen LogP contribution < -0.4 is 14.8 Å². The number of carbonyl (C=O) groups is 2. The molecule has 4 aromatic rings. The van der Waals surface area contributed by atoms with E-state index in [2.05, 4.69) is 34.2 Å². The monoisotopic (exact) mass is 721 g/mol. The summed E-state index contributed by atoms with van der Waals surface area (Å²) < 4.78 is 11.7. The van der Waals surface area contributed by atoms with E-state index in [0.29, 0.717) is 42.8 Å². The van der Waals surface area contributed by atoms with Gasteiger partial charge in [-0.25, -0.2) is 9.97 Å². The summed E-state index contributed by atoms with van der Waals surface area (Å²) in [5, 5.41) is 3.83. The van der Waals surface area contributed by atoms with Crippen molar-refractivity contribution in [2.75, 3.05) is 53.5 Å². The molecule has 0 radical (unpaired) electrons. The fraction of sp³-hybridized carbons (Fsp3) is 0.425. The summed E-state index contributed by atoms with van der Waals surface area (Å²) in [5.74, 6) is 1.40. The highest BCUT2D eigenvalue weighted by atomic mass is 35.5. The van der Waals surface area contributed by atoms with Gasteiger partial charge in [-0.15, -0.1) is 0 Å². The Kier molecular flexibility index (Phi) is 9.13. The zero-order valence-electron chi connectivity index (χ0n) is 30.2. The van der Waals surface area contributed by atoms with E-state index in [9.17, 15) is 9.59 Å². The molecule has 4 aliphatic rings. The Hall–Kier alpha value is -4.58. The first-order valence-corrected chi connectivity index (χ1v) is 18.4. The Morgan fingerprint density at radius 3 is 2.33 bits per heavy atom. The number of hydrogen-bond acceptors (Lipinski definition) is 9. The van der Waals surface area contributed by atoms with Crippen molar-refractivity contribution in [1.82, 2.24) is 35.0 Å². The predicted molar refractivity (Wildman–Crippen MR) is 199 cm³/mol. The molecule has 52 heavy (non-hydrogen) atoms. The first-order chi connectivity index (χ1) is 25.2. The normalized spacial score (nSPS) is 19.8. The van der Waals surface area contributed by atoms with Gasteiger partial charge in [0.1, 0.15) is 5.69 Å². The van der Waals surface area contributed by atoms with Crippen molar-refractivity contribution in [2.24, 2.45) is 0 Å². The van der Waals surface area contributed by atoms with Crippen LogP contribution in [0.15, 0.2) is 48.7 Å². The maximum absolute atomic E-state index is 11.9. The van der Waals surface area contributed by atoms with E-state index in [0.717, 1.165) is 95.9 Å². The van der Waals surface area contributed by atoms with Gasteiger partial charge < -0.3 is 19.7 Å². The third kappa shape index (κ3) is 6.18. The maximum atomic E-state index is 11.9. The molecule has 3 fully saturated rings. The number of likely N-dealkylation sites (tertiary alicyclic amines) is 1. The van der Waals surface area contributed by atoms with Crippen molar-refractivity contribution in [1.29, 1.82) is 0 Å². The van der Waals surface area contributed by atoms with Crippen LogP contribution in [0.4, 0.5) is 0 Å². The Labute approximate surface area is 309 Å². The minimum Gasteiger partial charge on any atom is -0.481 e. The van der Waals surface area contributed by atoms with Crippen molar-refractivity contribution >= 4 is 23.4 Å². The number of piperazine rings is 1. The molecule has 2 aromatic carbocycles. The number of carbonyl (C=O) groups excluding carboxylic acids is 2. The quantitative estimate of drug-likeness (QED) is 0.253. The molecule has 5 heterocycles. The molecular weight excluding hydrogens is 678 g/mol. The van der Waals surface area contributed by atoms with Gasteiger partial charge >= 0.3 is 0 Å². The minimum absolute atomic E-state index is 0.0688. The summed E-state index contributed by atoms with van der Waals surface area (Å²) >= 11 is 7.28. The zero-order valence-corrected chi connectivity index (χ0v) is 30.9. The molecule has 8 rings (SSSR count). The maximum Gasteiger partial charge on any atom is 0.237 e. The number of methoxy groups -OCH3 is 2. The van der Waals surface area contributed by atoms with Crippen molar-refractivity contribution in [3.8, 4) is 45.4 Å². The van der Waals surface area contributed by atoms with Gasteiger partial charge in [-0.1, -0.05) is 48.0 Å². The second-order valence-electron chi connectivity index (χ2n) is 14.5. The lowest BCUT2D eigenvalue weighted by Gasteiger charge is -2.50. The van der Waals surface area contributed by atoms with Gasteiger partial charge in [0.05, 0.1) is 42.4 Å². The highest BCUT2D eigenvalue weighted by Gasteiger charge is 2.51. The molecule has 3 aliphatic heterocycles. The van der Waals surface area contributed by atoms with Crippen LogP contribution in [0.3, 0.4) is 0 Å². The number of amides is 2. The van der Waals surface area contributed by atoms with Gasteiger partial charge in [0.25, 0.3) is 0 Å². The molecule has 1 spiro atoms. The summed E-state index contributed by atoms with van der Waals surface area (Å²) in [4.78, 5) is 45.0. The van der Waals surface area contributed by atoms with E-state index < -0.39 is 0 Å². The van der Waals surface area contributed by atoms with Crippen molar-refractivity contribution in [3.05, 3.63) is 76.1 Å². The van der Waals surface area contributed by atoms with Crippen LogP contribution in [0.5, 0.6) is 11.8 Å². The van der Waals surface area contributed by atoms with Gasteiger partial charge in [-0.3, -0.25) is 24.4 Å². The van der Waals surface area contributed by atoms with E-state index in [1.54, 1.807) is 21.1 Å². The largest absolute Gasteiger partial charge is 0.481 e. The highest BCUT2D eigenvalue weighted by Crippen LogP contribution is 2.48. The van der Waals surface area contributed by atoms with E-state index in [4.69, 9.17) is 36.0 Å². The van der Waals surface area contributed by atoms with Crippen molar-refractivity contribution < 1.29 is 19.1 Å². The Balaban J connectivity index is 1.05. The number of nitrogens with zero attached hydrogens (tertiary/aromatic N) is 6. The van der Waals surface area contributed by atoms with Crippen LogP contribution in [0.2, 0.25) is 5.02 Å². The van der Waals surface area contributed by atoms with Crippen molar-refractivity contribution in [2.45, 2.75) is 57.7 Å². The predicted octanol–water partition coefficient (Wildman–Crippen LogP) is 5.47. The van der Waals surface area contributed by atoms with Gasteiger partial charge in [-0.2, -0.15) is 0 Å². The lowest BCUT2D eigenvalue weighted by molar-refractivity contribution is -0.130. The molecule has 2 amide bonds. The first-order valence-electron chi connectivity index (χ1n) is 18.1. The Bertz CT molecular complexity index is 2060. The summed E-state index contributed by atoms with van der Waals surface area (Å²) in [6.45, 7) is 9.00. The number of fused-ring (bicyclic) bond motifs is 1. The molecule has 12 heteroatoms. The van der Waals surface area contributed by atoms with Crippen LogP contribution in [0.25, 0.3) is 33.6 Å². The fourth-order valence-corrected chi connectivity index (χ4v) is 8.90. The topological polar surface area (TPSA) is 113 Å². The van der Waals surface area contributed by atoms with Crippen LogP contribution >= 0.6 is 11.6 Å². The number of ether oxygens (including phenoxy) is 2. The molecule has 270 valence electrons. The van der Waals surface area contributed by atoms with Crippen LogP contribution in [-0.4, -0.2) is 100 Å². The van der Waals surface area contributed by atoms with E-state index in [1.165, 1.54) is 5.56 Å². The number of benzene rings is 2. The summed E-state index contributed by atoms with van der Waals surface area (Å²) in [5.41, 5.74) is 9.31. The molecule has 11 nitrogen and oxygen atoms in total. The van der Waals surface area contributed by atoms with Crippen LogP contribution in [0, 0.1) is 6.92 Å². The smallest absolute Gasteiger partial charge is 0.237 e. The number of aryl methyl sites for hydroxylation is 1. The second kappa shape index (κ2) is 13.8. The number of pyridine rings is 1. The van der Waals surface area contributed by atoms with Gasteiger partial charge in [0.15, 0.2) is 0 Å². The van der Waals surface area contributed by atoms with Crippen LogP contribution in [-0.2, 0) is 22.6 Å². The first kappa shape index (κ1) is 34.5. The number of aromatic nitrogens is 3. The third-order valence-electron chi connectivity index (χ3n) is 11.4. The molecule has 2 aromatic heterocycles. The zero-order chi connectivity index (χ0) is 36.1. The average Bonchev–Trinajstić information content (AvgIpc) is 3.75. The standard InChI is InChI=1S/C40H44ClN7O4/c1-24-27(7-5-8-28(24)32-20-42-33(38(44-32)51-3)21-46-15-17-47(18-16-46)25(2)49)29-9-6-10-30(37(29)41)31-19-26-11-12-34(36(26)39(43-31)52-4)48-22-40(23-48)14-13-35(50)45-40/h5-10,19-20,34H,11-18,21-23H2,1-4H3,(H,45,50)/t34-/m0/s1. The van der Waals surface area contributed by atoms with E-state index >= 15 is 0 Å². The lowest BCUT2D eigenvalue weighted by Crippen LogP contribution is -2.67. The molecular formula is C40H44ClN7O4. The summed E-state index contributed by atoms with van der Waals surface area (Å²) in [6, 6.07) is 14.6. The highest BCUT2D eigenvalue weighted by molar-refractivity contribution is 6.36. The number of halogens is 1. The molecule has 1 aliphatic carbocycles. The van der Waals surface area contributed by atoms with Gasteiger partial charge in [0, 0.05) is 87.5 Å². The SMILES string of the molecule is COc1nc(-c2cccc(-c3cccc(-c4cc5c(c(OC)n4)[C@@H](N4CC6(CCC(=O)N6)C4)CC5)c3Cl)c2C)cnc1CN1CCN(C(C)=O)CC1. The molecule has 0 bridgehead atoms. The van der Waals surface area contributed by atoms with Crippen LogP contribution in [0.1, 0.15) is 54.6 Å². The van der Waals surface area contributed by atoms with Gasteiger partial charge in [0.2, 0.25) is 23.6 Å². The summed E-state index contributed by atoms with van der Waals surface area (Å²) in [7, 11) is 3.31. The van der Waals surface area contributed by atoms with E-state index in [1.807, 2.05) is 41.4 Å². The molecule has 0 unspecified atom stereocenters. The lowest BCUT2D eigenvalue weighted by atomic mass is 9.86. The fourth-order valence-electron chi connectivity index (χ4n) is 8.58. The summed E-state index contributed by atoms with van der Waals surface area (Å²) in [6.07, 6.45) is 5.26. The number of hydrogen-bond donors (Lipinski definition) is 1. The van der Waals surface area contributed by atoms with E-state index in [-0.39, 0.29) is 23.4 Å². The molecule has 0 saturated carbocycles.